The van der Waals surface area contributed by atoms with Crippen LogP contribution in [0, 0.1) is 11.8 Å². The molecule has 2 aromatic rings. The van der Waals surface area contributed by atoms with Crippen molar-refractivity contribution in [1.29, 1.82) is 0 Å². The first-order valence-electron chi connectivity index (χ1n) is 11.9. The van der Waals surface area contributed by atoms with Gasteiger partial charge in [0.2, 0.25) is 6.08 Å². The van der Waals surface area contributed by atoms with Crippen LogP contribution in [0.3, 0.4) is 0 Å². The molecule has 5 heteroatoms. The fourth-order valence-electron chi connectivity index (χ4n) is 3.84. The average molecular weight is 464 g/mol. The number of aliphatic hydroxyl groups excluding tert-OH is 1. The van der Waals surface area contributed by atoms with Crippen molar-refractivity contribution in [2.45, 2.75) is 64.8 Å². The predicted octanol–water partition coefficient (Wildman–Crippen LogP) is 5.12. The number of aliphatic imine (C=N–C) groups is 1. The Labute approximate surface area is 203 Å². The van der Waals surface area contributed by atoms with E-state index in [1.807, 2.05) is 88.4 Å². The van der Waals surface area contributed by atoms with Gasteiger partial charge in [-0.05, 0) is 56.7 Å². The van der Waals surface area contributed by atoms with Gasteiger partial charge in [-0.1, -0.05) is 73.7 Å². The van der Waals surface area contributed by atoms with E-state index in [4.69, 9.17) is 4.74 Å². The van der Waals surface area contributed by atoms with E-state index in [0.717, 1.165) is 11.1 Å². The van der Waals surface area contributed by atoms with Crippen molar-refractivity contribution in [2.24, 2.45) is 16.8 Å². The summed E-state index contributed by atoms with van der Waals surface area (Å²) < 4.78 is 6.25. The molecular weight excluding hydrogens is 426 g/mol. The van der Waals surface area contributed by atoms with Gasteiger partial charge in [-0.25, -0.2) is 9.79 Å². The topological polar surface area (TPSA) is 76.0 Å². The lowest BCUT2D eigenvalue weighted by molar-refractivity contribution is -0.126. The molecule has 34 heavy (non-hydrogen) atoms. The van der Waals surface area contributed by atoms with Crippen molar-refractivity contribution < 1.29 is 19.4 Å². The highest BCUT2D eigenvalue weighted by molar-refractivity contribution is 5.92. The standard InChI is InChI=1S/C29H37NO4/c1-22(20-30-21-31)15-16-26(32)25(17-23-11-7-5-8-12-23)19-27(33)28(34-29(2,3)4)18-24-13-9-6-10-14-24/h5-16,22,25,27-28,33H,17-20H2,1-4H3/t22?,25-,27+,28+/m1/s1. The maximum atomic E-state index is 13.2. The first kappa shape index (κ1) is 27.4. The zero-order valence-electron chi connectivity index (χ0n) is 20.7. The molecule has 0 aliphatic rings. The molecule has 0 fully saturated rings. The van der Waals surface area contributed by atoms with E-state index in [-0.39, 0.29) is 24.7 Å². The molecule has 4 atom stereocenters. The summed E-state index contributed by atoms with van der Waals surface area (Å²) in [6.07, 6.45) is 4.95. The van der Waals surface area contributed by atoms with Crippen molar-refractivity contribution in [3.63, 3.8) is 0 Å². The minimum absolute atomic E-state index is 0.0530. The number of allylic oxidation sites excluding steroid dienone is 1. The highest BCUT2D eigenvalue weighted by atomic mass is 16.5. The SMILES string of the molecule is CC(C=CC(=O)[C@H](Cc1ccccc1)C[C@H](O)[C@H](Cc1ccccc1)OC(C)(C)C)CN=C=O. The molecule has 0 bridgehead atoms. The van der Waals surface area contributed by atoms with Crippen LogP contribution in [0.2, 0.25) is 0 Å². The largest absolute Gasteiger partial charge is 0.390 e. The third-order valence-electron chi connectivity index (χ3n) is 5.50. The predicted molar refractivity (Wildman–Crippen MR) is 135 cm³/mol. The summed E-state index contributed by atoms with van der Waals surface area (Å²) in [5.74, 6) is -0.515. The second-order valence-electron chi connectivity index (χ2n) is 9.82. The van der Waals surface area contributed by atoms with E-state index < -0.39 is 23.7 Å². The molecule has 2 rings (SSSR count). The Morgan fingerprint density at radius 1 is 1.03 bits per heavy atom. The summed E-state index contributed by atoms with van der Waals surface area (Å²) in [6.45, 7) is 8.08. The Hall–Kier alpha value is -2.85. The van der Waals surface area contributed by atoms with Gasteiger partial charge in [-0.3, -0.25) is 4.79 Å². The molecule has 0 spiro atoms. The molecule has 182 valence electrons. The summed E-state index contributed by atoms with van der Waals surface area (Å²) in [4.78, 5) is 27.1. The minimum Gasteiger partial charge on any atom is -0.390 e. The smallest absolute Gasteiger partial charge is 0.234 e. The number of ether oxygens (including phenoxy) is 1. The van der Waals surface area contributed by atoms with Gasteiger partial charge in [0, 0.05) is 12.3 Å². The van der Waals surface area contributed by atoms with Crippen LogP contribution < -0.4 is 0 Å². The molecule has 0 saturated carbocycles. The highest BCUT2D eigenvalue weighted by Gasteiger charge is 2.30. The van der Waals surface area contributed by atoms with Gasteiger partial charge < -0.3 is 9.84 Å². The molecule has 1 N–H and O–H groups in total. The van der Waals surface area contributed by atoms with Gasteiger partial charge in [0.1, 0.15) is 0 Å². The van der Waals surface area contributed by atoms with Crippen LogP contribution in [0.15, 0.2) is 77.8 Å². The van der Waals surface area contributed by atoms with Gasteiger partial charge >= 0.3 is 0 Å². The lowest BCUT2D eigenvalue weighted by Gasteiger charge is -2.32. The van der Waals surface area contributed by atoms with Crippen LogP contribution in [-0.2, 0) is 27.2 Å². The molecule has 0 saturated heterocycles. The van der Waals surface area contributed by atoms with Crippen molar-refractivity contribution >= 4 is 11.9 Å². The third-order valence-corrected chi connectivity index (χ3v) is 5.50. The maximum absolute atomic E-state index is 13.2. The Bertz CT molecular complexity index is 943. The van der Waals surface area contributed by atoms with E-state index in [9.17, 15) is 14.7 Å². The number of nitrogens with zero attached hydrogens (tertiary/aromatic N) is 1. The Morgan fingerprint density at radius 3 is 2.12 bits per heavy atom. The van der Waals surface area contributed by atoms with E-state index in [0.29, 0.717) is 12.8 Å². The number of hydrogen-bond acceptors (Lipinski definition) is 5. The lowest BCUT2D eigenvalue weighted by Crippen LogP contribution is -2.39. The molecular formula is C29H37NO4. The first-order valence-corrected chi connectivity index (χ1v) is 11.9. The molecule has 0 aliphatic carbocycles. The zero-order valence-corrected chi connectivity index (χ0v) is 20.7. The van der Waals surface area contributed by atoms with Crippen molar-refractivity contribution in [3.8, 4) is 0 Å². The number of carbonyl (C=O) groups is 1. The molecule has 0 amide bonds. The molecule has 2 aromatic carbocycles. The average Bonchev–Trinajstić information content (AvgIpc) is 2.80. The summed E-state index contributed by atoms with van der Waals surface area (Å²) in [6, 6.07) is 19.8. The number of ketones is 1. The number of isocyanates is 1. The van der Waals surface area contributed by atoms with Crippen LogP contribution in [0.5, 0.6) is 0 Å². The Morgan fingerprint density at radius 2 is 1.59 bits per heavy atom. The van der Waals surface area contributed by atoms with E-state index >= 15 is 0 Å². The van der Waals surface area contributed by atoms with Crippen LogP contribution in [0.4, 0.5) is 0 Å². The summed E-state index contributed by atoms with van der Waals surface area (Å²) in [5.41, 5.74) is 1.68. The minimum atomic E-state index is -0.817. The summed E-state index contributed by atoms with van der Waals surface area (Å²) >= 11 is 0. The number of carbonyl (C=O) groups excluding carboxylic acids is 2. The Kier molecular flexibility index (Phi) is 11.1. The zero-order chi connectivity index (χ0) is 25.0. The fourth-order valence-corrected chi connectivity index (χ4v) is 3.84. The normalized spacial score (nSPS) is 15.3. The monoisotopic (exact) mass is 463 g/mol. The van der Waals surface area contributed by atoms with Gasteiger partial charge in [0.25, 0.3) is 0 Å². The lowest BCUT2D eigenvalue weighted by atomic mass is 9.87. The highest BCUT2D eigenvalue weighted by Crippen LogP contribution is 2.24. The number of benzene rings is 2. The van der Waals surface area contributed by atoms with Crippen molar-refractivity contribution in [1.82, 2.24) is 0 Å². The quantitative estimate of drug-likeness (QED) is 0.254. The molecule has 0 radical (unpaired) electrons. The van der Waals surface area contributed by atoms with Crippen LogP contribution in [0.1, 0.15) is 45.2 Å². The summed E-state index contributed by atoms with van der Waals surface area (Å²) in [7, 11) is 0. The molecule has 0 aromatic heterocycles. The van der Waals surface area contributed by atoms with Crippen molar-refractivity contribution in [3.05, 3.63) is 83.9 Å². The molecule has 1 unspecified atom stereocenters. The van der Waals surface area contributed by atoms with Gasteiger partial charge in [-0.15, -0.1) is 0 Å². The number of rotatable bonds is 13. The molecule has 0 heterocycles. The van der Waals surface area contributed by atoms with E-state index in [1.165, 1.54) is 6.08 Å². The van der Waals surface area contributed by atoms with E-state index in [1.54, 1.807) is 12.2 Å². The molecule has 5 nitrogen and oxygen atoms in total. The molecule has 0 aliphatic heterocycles. The van der Waals surface area contributed by atoms with Gasteiger partial charge in [0.05, 0.1) is 24.4 Å². The number of hydrogen-bond donors (Lipinski definition) is 1. The third kappa shape index (κ3) is 10.4. The van der Waals surface area contributed by atoms with Crippen LogP contribution in [-0.4, -0.2) is 41.3 Å². The van der Waals surface area contributed by atoms with E-state index in [2.05, 4.69) is 4.99 Å². The second kappa shape index (κ2) is 13.8. The number of aliphatic hydroxyl groups is 1. The van der Waals surface area contributed by atoms with Gasteiger partial charge in [-0.2, -0.15) is 0 Å². The van der Waals surface area contributed by atoms with Crippen LogP contribution in [0.25, 0.3) is 0 Å². The maximum Gasteiger partial charge on any atom is 0.234 e. The Balaban J connectivity index is 2.22. The summed E-state index contributed by atoms with van der Waals surface area (Å²) in [5, 5.41) is 11.3. The second-order valence-corrected chi connectivity index (χ2v) is 9.82. The fraction of sp³-hybridized carbons (Fsp3) is 0.448. The van der Waals surface area contributed by atoms with Gasteiger partial charge in [0.15, 0.2) is 5.78 Å². The van der Waals surface area contributed by atoms with Crippen LogP contribution >= 0.6 is 0 Å². The first-order chi connectivity index (χ1) is 16.2. The van der Waals surface area contributed by atoms with Crippen molar-refractivity contribution in [2.75, 3.05) is 6.54 Å².